The summed E-state index contributed by atoms with van der Waals surface area (Å²) in [6, 6.07) is 7.65. The SMILES string of the molecule is CN(CCOC(=O)Nc1ccc(C(C)(C)C)cc1)CC1O[C@@H](n2cnc3c(N)ncnc32)[C@H](O)[C@@H]1O. The summed E-state index contributed by atoms with van der Waals surface area (Å²) >= 11 is 0. The van der Waals surface area contributed by atoms with Crippen molar-refractivity contribution in [3.05, 3.63) is 42.5 Å². The van der Waals surface area contributed by atoms with Gasteiger partial charge in [-0.05, 0) is 30.2 Å². The van der Waals surface area contributed by atoms with Crippen molar-refractivity contribution < 1.29 is 24.5 Å². The highest BCUT2D eigenvalue weighted by Crippen LogP contribution is 2.32. The lowest BCUT2D eigenvalue weighted by molar-refractivity contribution is -0.0429. The summed E-state index contributed by atoms with van der Waals surface area (Å²) < 4.78 is 12.8. The van der Waals surface area contributed by atoms with Crippen molar-refractivity contribution in [2.24, 2.45) is 0 Å². The Morgan fingerprint density at radius 1 is 1.19 bits per heavy atom. The van der Waals surface area contributed by atoms with Crippen LogP contribution in [0.2, 0.25) is 0 Å². The van der Waals surface area contributed by atoms with E-state index in [-0.39, 0.29) is 17.8 Å². The van der Waals surface area contributed by atoms with Crippen LogP contribution in [0.1, 0.15) is 32.6 Å². The van der Waals surface area contributed by atoms with E-state index in [0.717, 1.165) is 0 Å². The topological polar surface area (TPSA) is 161 Å². The van der Waals surface area contributed by atoms with Crippen LogP contribution >= 0.6 is 0 Å². The molecule has 12 heteroatoms. The molecule has 4 rings (SSSR count). The lowest BCUT2D eigenvalue weighted by Crippen LogP contribution is -2.39. The van der Waals surface area contributed by atoms with Gasteiger partial charge >= 0.3 is 6.09 Å². The monoisotopic (exact) mass is 499 g/mol. The Hall–Kier alpha value is -3.32. The molecule has 1 saturated heterocycles. The van der Waals surface area contributed by atoms with Gasteiger partial charge < -0.3 is 30.3 Å². The smallest absolute Gasteiger partial charge is 0.411 e. The van der Waals surface area contributed by atoms with Gasteiger partial charge in [-0.3, -0.25) is 9.88 Å². The van der Waals surface area contributed by atoms with Crippen LogP contribution in [0.15, 0.2) is 36.9 Å². The van der Waals surface area contributed by atoms with E-state index in [9.17, 15) is 15.0 Å². The Morgan fingerprint density at radius 3 is 2.61 bits per heavy atom. The number of anilines is 2. The van der Waals surface area contributed by atoms with E-state index in [1.54, 1.807) is 0 Å². The summed E-state index contributed by atoms with van der Waals surface area (Å²) in [7, 11) is 1.81. The van der Waals surface area contributed by atoms with Crippen molar-refractivity contribution in [1.29, 1.82) is 0 Å². The molecule has 2 aromatic heterocycles. The van der Waals surface area contributed by atoms with Gasteiger partial charge in [-0.15, -0.1) is 0 Å². The summed E-state index contributed by atoms with van der Waals surface area (Å²) in [5.41, 5.74) is 8.48. The number of aliphatic hydroxyl groups is 2. The molecule has 1 aliphatic heterocycles. The van der Waals surface area contributed by atoms with Gasteiger partial charge in [0, 0.05) is 18.8 Å². The number of nitrogens with two attached hydrogens (primary N) is 1. The molecule has 12 nitrogen and oxygen atoms in total. The van der Waals surface area contributed by atoms with Crippen LogP contribution in [0.3, 0.4) is 0 Å². The van der Waals surface area contributed by atoms with Gasteiger partial charge in [0.1, 0.15) is 36.8 Å². The number of benzene rings is 1. The van der Waals surface area contributed by atoms with Gasteiger partial charge in [0.2, 0.25) is 0 Å². The predicted molar refractivity (Wildman–Crippen MR) is 133 cm³/mol. The third-order valence-electron chi connectivity index (χ3n) is 6.19. The number of nitrogens with zero attached hydrogens (tertiary/aromatic N) is 5. The molecule has 5 N–H and O–H groups in total. The molecule has 194 valence electrons. The molecule has 4 atom stereocenters. The second-order valence-corrected chi connectivity index (χ2v) is 9.98. The zero-order valence-corrected chi connectivity index (χ0v) is 20.8. The van der Waals surface area contributed by atoms with Gasteiger partial charge in [0.25, 0.3) is 0 Å². The average Bonchev–Trinajstić information content (AvgIpc) is 3.36. The molecule has 1 unspecified atom stereocenters. The van der Waals surface area contributed by atoms with Crippen LogP contribution in [-0.4, -0.2) is 85.8 Å². The summed E-state index contributed by atoms with van der Waals surface area (Å²) in [5, 5.41) is 23.9. The summed E-state index contributed by atoms with van der Waals surface area (Å²) in [5.74, 6) is 0.217. The van der Waals surface area contributed by atoms with Crippen molar-refractivity contribution in [1.82, 2.24) is 24.4 Å². The number of carbonyl (C=O) groups excluding carboxylic acids is 1. The lowest BCUT2D eigenvalue weighted by Gasteiger charge is -2.22. The second-order valence-electron chi connectivity index (χ2n) is 9.98. The molecule has 0 aliphatic carbocycles. The standard InChI is InChI=1S/C24H33N7O5/c1-24(2,3)14-5-7-15(8-6-14)29-23(34)35-10-9-30(4)11-16-18(32)19(33)22(36-16)31-13-28-17-20(25)26-12-27-21(17)31/h5-8,12-13,16,18-19,22,32-33H,9-11H2,1-4H3,(H,29,34)(H2,25,26,27)/t16?,18-,19-,22-/m1/s1. The number of aromatic nitrogens is 4. The molecule has 3 aromatic rings. The molecule has 0 spiro atoms. The number of aliphatic hydroxyl groups excluding tert-OH is 2. The third kappa shape index (κ3) is 5.57. The first kappa shape index (κ1) is 25.8. The third-order valence-corrected chi connectivity index (χ3v) is 6.19. The minimum absolute atomic E-state index is 0.0330. The maximum Gasteiger partial charge on any atom is 0.411 e. The normalized spacial score (nSPS) is 22.3. The van der Waals surface area contributed by atoms with Crippen molar-refractivity contribution in [3.63, 3.8) is 0 Å². The van der Waals surface area contributed by atoms with Crippen LogP contribution in [0.5, 0.6) is 0 Å². The minimum Gasteiger partial charge on any atom is -0.448 e. The van der Waals surface area contributed by atoms with E-state index in [0.29, 0.717) is 29.9 Å². The molecule has 1 amide bonds. The first-order valence-corrected chi connectivity index (χ1v) is 11.7. The Kier molecular flexibility index (Phi) is 7.41. The van der Waals surface area contributed by atoms with E-state index in [1.807, 2.05) is 36.2 Å². The Bertz CT molecular complexity index is 1190. The molecular formula is C24H33N7O5. The van der Waals surface area contributed by atoms with Crippen LogP contribution in [0.4, 0.5) is 16.3 Å². The van der Waals surface area contributed by atoms with Gasteiger partial charge in [-0.25, -0.2) is 19.7 Å². The maximum absolute atomic E-state index is 12.1. The summed E-state index contributed by atoms with van der Waals surface area (Å²) in [6.45, 7) is 7.23. The summed E-state index contributed by atoms with van der Waals surface area (Å²) in [4.78, 5) is 26.2. The molecule has 0 saturated carbocycles. The fraction of sp³-hybridized carbons (Fsp3) is 0.500. The summed E-state index contributed by atoms with van der Waals surface area (Å²) in [6.07, 6.45) is -1.68. The lowest BCUT2D eigenvalue weighted by atomic mass is 9.87. The van der Waals surface area contributed by atoms with Crippen LogP contribution in [-0.2, 0) is 14.9 Å². The molecule has 1 aliphatic rings. The predicted octanol–water partition coefficient (Wildman–Crippen LogP) is 1.51. The highest BCUT2D eigenvalue weighted by atomic mass is 16.6. The molecule has 36 heavy (non-hydrogen) atoms. The number of ether oxygens (including phenoxy) is 2. The first-order valence-electron chi connectivity index (χ1n) is 11.7. The van der Waals surface area contributed by atoms with Crippen LogP contribution in [0.25, 0.3) is 11.2 Å². The molecule has 3 heterocycles. The second kappa shape index (κ2) is 10.3. The molecule has 1 fully saturated rings. The molecular weight excluding hydrogens is 466 g/mol. The van der Waals surface area contributed by atoms with E-state index >= 15 is 0 Å². The Labute approximate surface area is 209 Å². The van der Waals surface area contributed by atoms with Crippen molar-refractivity contribution in [2.45, 2.75) is 50.7 Å². The number of nitrogen functional groups attached to an aromatic ring is 1. The van der Waals surface area contributed by atoms with Gasteiger partial charge in [0.05, 0.1) is 6.33 Å². The average molecular weight is 500 g/mol. The zero-order valence-electron chi connectivity index (χ0n) is 20.8. The highest BCUT2D eigenvalue weighted by Gasteiger charge is 2.44. The number of likely N-dealkylation sites (N-methyl/N-ethyl adjacent to an activating group) is 1. The fourth-order valence-corrected chi connectivity index (χ4v) is 4.07. The van der Waals surface area contributed by atoms with Gasteiger partial charge in [-0.2, -0.15) is 0 Å². The number of imidazole rings is 1. The number of nitrogens with one attached hydrogen (secondary N) is 1. The minimum atomic E-state index is -1.19. The Morgan fingerprint density at radius 2 is 1.92 bits per heavy atom. The van der Waals surface area contributed by atoms with Crippen molar-refractivity contribution in [2.75, 3.05) is 37.8 Å². The first-order chi connectivity index (χ1) is 17.0. The van der Waals surface area contributed by atoms with Crippen molar-refractivity contribution >= 4 is 28.8 Å². The fourth-order valence-electron chi connectivity index (χ4n) is 4.07. The molecule has 0 bridgehead atoms. The molecule has 0 radical (unpaired) electrons. The number of hydrogen-bond donors (Lipinski definition) is 4. The highest BCUT2D eigenvalue weighted by molar-refractivity contribution is 5.84. The van der Waals surface area contributed by atoms with E-state index in [2.05, 4.69) is 41.0 Å². The van der Waals surface area contributed by atoms with E-state index < -0.39 is 30.6 Å². The van der Waals surface area contributed by atoms with Crippen molar-refractivity contribution in [3.8, 4) is 0 Å². The molecule has 1 aromatic carbocycles. The number of hydrogen-bond acceptors (Lipinski definition) is 10. The van der Waals surface area contributed by atoms with Crippen LogP contribution < -0.4 is 11.1 Å². The van der Waals surface area contributed by atoms with E-state index in [4.69, 9.17) is 15.2 Å². The van der Waals surface area contributed by atoms with Crippen LogP contribution in [0, 0.1) is 0 Å². The number of fused-ring (bicyclic) bond motifs is 1. The Balaban J connectivity index is 1.25. The quantitative estimate of drug-likeness (QED) is 0.375. The number of carbonyl (C=O) groups is 1. The van der Waals surface area contributed by atoms with Gasteiger partial charge in [0.15, 0.2) is 17.7 Å². The number of rotatable bonds is 7. The zero-order chi connectivity index (χ0) is 26.0. The maximum atomic E-state index is 12.1. The van der Waals surface area contributed by atoms with Gasteiger partial charge in [-0.1, -0.05) is 32.9 Å². The van der Waals surface area contributed by atoms with E-state index in [1.165, 1.54) is 22.8 Å². The number of amides is 1. The largest absolute Gasteiger partial charge is 0.448 e.